The minimum absolute atomic E-state index is 0.109. The second-order valence-electron chi connectivity index (χ2n) is 9.84. The first kappa shape index (κ1) is 22.9. The molecular formula is C25H33N3O3. The average molecular weight is 424 g/mol. The van der Waals surface area contributed by atoms with Gasteiger partial charge in [-0.25, -0.2) is 4.79 Å². The third-order valence-electron chi connectivity index (χ3n) is 6.30. The molecule has 6 heteroatoms. The van der Waals surface area contributed by atoms with Crippen LogP contribution in [0.1, 0.15) is 75.5 Å². The maximum atomic E-state index is 12.6. The van der Waals surface area contributed by atoms with Gasteiger partial charge in [-0.05, 0) is 90.5 Å². The number of hydrogen-bond donors (Lipinski definition) is 0. The van der Waals surface area contributed by atoms with Gasteiger partial charge in [0.15, 0.2) is 0 Å². The van der Waals surface area contributed by atoms with Crippen molar-refractivity contribution in [3.8, 4) is 6.07 Å². The van der Waals surface area contributed by atoms with Crippen LogP contribution in [-0.4, -0.2) is 39.5 Å². The van der Waals surface area contributed by atoms with E-state index in [2.05, 4.69) is 24.5 Å². The van der Waals surface area contributed by atoms with Crippen molar-refractivity contribution < 1.29 is 14.3 Å². The van der Waals surface area contributed by atoms with Gasteiger partial charge in [-0.3, -0.25) is 4.79 Å². The molecule has 1 aromatic heterocycles. The van der Waals surface area contributed by atoms with E-state index < -0.39 is 5.60 Å². The first-order chi connectivity index (χ1) is 14.6. The highest BCUT2D eigenvalue weighted by Crippen LogP contribution is 2.33. The van der Waals surface area contributed by atoms with Crippen LogP contribution in [0.15, 0.2) is 18.2 Å². The Morgan fingerprint density at radius 1 is 1.26 bits per heavy atom. The Bertz CT molecular complexity index is 1010. The largest absolute Gasteiger partial charge is 0.444 e. The molecule has 0 aliphatic carbocycles. The highest BCUT2D eigenvalue weighted by Gasteiger charge is 2.36. The fourth-order valence-corrected chi connectivity index (χ4v) is 4.90. The number of nitriles is 1. The molecule has 3 rings (SSSR count). The Labute approximate surface area is 184 Å². The quantitative estimate of drug-likeness (QED) is 0.613. The summed E-state index contributed by atoms with van der Waals surface area (Å²) in [6, 6.07) is 8.16. The van der Waals surface area contributed by atoms with E-state index in [0.29, 0.717) is 17.2 Å². The van der Waals surface area contributed by atoms with Crippen LogP contribution in [0.4, 0.5) is 4.79 Å². The summed E-state index contributed by atoms with van der Waals surface area (Å²) in [5.74, 6) is 0.461. The summed E-state index contributed by atoms with van der Waals surface area (Å²) < 4.78 is 7.66. The van der Waals surface area contributed by atoms with Crippen LogP contribution in [-0.2, 0) is 11.3 Å². The second kappa shape index (κ2) is 8.74. The minimum atomic E-state index is -0.502. The number of fused-ring (bicyclic) bond motifs is 1. The van der Waals surface area contributed by atoms with E-state index in [1.54, 1.807) is 0 Å². The normalized spacial score (nSPS) is 21.7. The molecule has 1 aliphatic rings. The predicted molar refractivity (Wildman–Crippen MR) is 121 cm³/mol. The average Bonchev–Trinajstić information content (AvgIpc) is 3.03. The molecule has 1 aromatic carbocycles. The number of hydrogen-bond acceptors (Lipinski definition) is 4. The zero-order chi connectivity index (χ0) is 22.9. The highest BCUT2D eigenvalue weighted by molar-refractivity contribution is 5.92. The summed E-state index contributed by atoms with van der Waals surface area (Å²) in [6.07, 6.45) is 3.39. The van der Waals surface area contributed by atoms with Gasteiger partial charge in [-0.1, -0.05) is 0 Å². The number of aryl methyl sites for hydroxylation is 2. The fraction of sp³-hybridized carbons (Fsp3) is 0.560. The van der Waals surface area contributed by atoms with E-state index in [4.69, 9.17) is 4.74 Å². The van der Waals surface area contributed by atoms with Crippen molar-refractivity contribution >= 4 is 23.3 Å². The molecule has 0 bridgehead atoms. The lowest BCUT2D eigenvalue weighted by molar-refractivity contribution is -0.00805. The summed E-state index contributed by atoms with van der Waals surface area (Å²) in [4.78, 5) is 25.8. The number of rotatable bonds is 4. The fourth-order valence-electron chi connectivity index (χ4n) is 4.90. The van der Waals surface area contributed by atoms with Gasteiger partial charge in [0.05, 0.1) is 0 Å². The van der Waals surface area contributed by atoms with Crippen LogP contribution >= 0.6 is 0 Å². The van der Waals surface area contributed by atoms with Gasteiger partial charge in [0, 0.05) is 35.1 Å². The molecule has 1 fully saturated rings. The number of nitrogens with zero attached hydrogens (tertiary/aromatic N) is 3. The number of carbonyl (C=O) groups excluding carboxylic acids is 2. The van der Waals surface area contributed by atoms with Crippen molar-refractivity contribution in [1.82, 2.24) is 9.47 Å². The van der Waals surface area contributed by atoms with Crippen LogP contribution in [0.3, 0.4) is 0 Å². The van der Waals surface area contributed by atoms with E-state index in [0.717, 1.165) is 48.6 Å². The van der Waals surface area contributed by atoms with Gasteiger partial charge in [0.1, 0.15) is 23.7 Å². The summed E-state index contributed by atoms with van der Waals surface area (Å²) in [7, 11) is 0. The van der Waals surface area contributed by atoms with Crippen LogP contribution in [0.25, 0.3) is 10.9 Å². The van der Waals surface area contributed by atoms with Crippen LogP contribution in [0.5, 0.6) is 0 Å². The zero-order valence-electron chi connectivity index (χ0n) is 19.4. The molecule has 1 amide bonds. The lowest BCUT2D eigenvalue weighted by Crippen LogP contribution is -2.51. The topological polar surface area (TPSA) is 75.3 Å². The predicted octanol–water partition coefficient (Wildman–Crippen LogP) is 5.45. The molecule has 166 valence electrons. The summed E-state index contributed by atoms with van der Waals surface area (Å²) in [5.41, 5.74) is 2.68. The number of ether oxygens (including phenoxy) is 1. The van der Waals surface area contributed by atoms with Gasteiger partial charge in [0.25, 0.3) is 0 Å². The molecular weight excluding hydrogens is 390 g/mol. The van der Waals surface area contributed by atoms with Gasteiger partial charge in [-0.15, -0.1) is 0 Å². The van der Waals surface area contributed by atoms with Crippen molar-refractivity contribution in [3.05, 3.63) is 35.0 Å². The van der Waals surface area contributed by atoms with Gasteiger partial charge < -0.3 is 14.2 Å². The SMILES string of the molecule is Cc1c(C=O)ccc2c1cc(C#N)n2CCC1C[C@@H](C)N(C(=O)OC(C)(C)C)[C@H](C)C1. The van der Waals surface area contributed by atoms with Gasteiger partial charge in [0.2, 0.25) is 0 Å². The van der Waals surface area contributed by atoms with Crippen LogP contribution in [0.2, 0.25) is 0 Å². The Morgan fingerprint density at radius 3 is 2.45 bits per heavy atom. The summed E-state index contributed by atoms with van der Waals surface area (Å²) in [6.45, 7) is 12.5. The van der Waals surface area contributed by atoms with E-state index in [9.17, 15) is 14.9 Å². The third kappa shape index (κ3) is 4.76. The number of likely N-dealkylation sites (tertiary alicyclic amines) is 1. The molecule has 2 heterocycles. The first-order valence-electron chi connectivity index (χ1n) is 11.0. The number of amides is 1. The summed E-state index contributed by atoms with van der Waals surface area (Å²) >= 11 is 0. The second-order valence-corrected chi connectivity index (χ2v) is 9.84. The molecule has 31 heavy (non-hydrogen) atoms. The molecule has 0 radical (unpaired) electrons. The Morgan fingerprint density at radius 2 is 1.90 bits per heavy atom. The third-order valence-corrected chi connectivity index (χ3v) is 6.30. The molecule has 6 nitrogen and oxygen atoms in total. The van der Waals surface area contributed by atoms with E-state index >= 15 is 0 Å². The monoisotopic (exact) mass is 423 g/mol. The van der Waals surface area contributed by atoms with Gasteiger partial charge in [-0.2, -0.15) is 5.26 Å². The maximum Gasteiger partial charge on any atom is 0.410 e. The van der Waals surface area contributed by atoms with Gasteiger partial charge >= 0.3 is 6.09 Å². The van der Waals surface area contributed by atoms with E-state index in [1.165, 1.54) is 0 Å². The molecule has 2 aromatic rings. The number of aromatic nitrogens is 1. The van der Waals surface area contributed by atoms with Crippen molar-refractivity contribution in [2.75, 3.05) is 0 Å². The molecule has 0 unspecified atom stereocenters. The van der Waals surface area contributed by atoms with Crippen LogP contribution in [0, 0.1) is 24.2 Å². The van der Waals surface area contributed by atoms with E-state index in [1.807, 2.05) is 50.8 Å². The maximum absolute atomic E-state index is 12.6. The zero-order valence-corrected chi connectivity index (χ0v) is 19.4. The highest BCUT2D eigenvalue weighted by atomic mass is 16.6. The lowest BCUT2D eigenvalue weighted by atomic mass is 9.85. The molecule has 0 saturated carbocycles. The Hall–Kier alpha value is -2.81. The molecule has 1 saturated heterocycles. The first-order valence-corrected chi connectivity index (χ1v) is 11.0. The Kier molecular flexibility index (Phi) is 6.45. The minimum Gasteiger partial charge on any atom is -0.444 e. The molecule has 2 atom stereocenters. The number of piperidine rings is 1. The summed E-state index contributed by atoms with van der Waals surface area (Å²) in [5, 5.41) is 10.6. The number of aldehydes is 1. The number of carbonyl (C=O) groups is 2. The van der Waals surface area contributed by atoms with E-state index in [-0.39, 0.29) is 18.2 Å². The van der Waals surface area contributed by atoms with Crippen molar-refractivity contribution in [2.24, 2.45) is 5.92 Å². The van der Waals surface area contributed by atoms with Crippen molar-refractivity contribution in [3.63, 3.8) is 0 Å². The molecule has 1 aliphatic heterocycles. The molecule has 0 spiro atoms. The van der Waals surface area contributed by atoms with Crippen LogP contribution < -0.4 is 0 Å². The lowest BCUT2D eigenvalue weighted by Gasteiger charge is -2.43. The number of benzene rings is 1. The Balaban J connectivity index is 1.74. The molecule has 0 N–H and O–H groups in total. The van der Waals surface area contributed by atoms with Crippen molar-refractivity contribution in [1.29, 1.82) is 5.26 Å². The smallest absolute Gasteiger partial charge is 0.410 e. The van der Waals surface area contributed by atoms with Crippen molar-refractivity contribution in [2.45, 2.75) is 85.0 Å². The standard InChI is InChI=1S/C25H33N3O3/c1-16-11-19(12-17(2)28(16)24(30)31-25(4,5)6)9-10-27-21(14-26)13-22-18(3)20(15-29)7-8-23(22)27/h7-8,13,15-17,19H,9-12H2,1-6H3/t16-,17-/m1/s1.